The first-order valence-corrected chi connectivity index (χ1v) is 4.80. The van der Waals surface area contributed by atoms with Gasteiger partial charge in [-0.25, -0.2) is 5.32 Å². The zero-order valence-corrected chi connectivity index (χ0v) is 7.47. The number of hydrogen-bond donors (Lipinski definition) is 1. The minimum Gasteiger partial charge on any atom is -0.314 e. The first kappa shape index (κ1) is 9.01. The zero-order valence-electron chi connectivity index (χ0n) is 7.47. The van der Waals surface area contributed by atoms with Crippen molar-refractivity contribution in [1.82, 2.24) is 10.6 Å². The maximum Gasteiger partial charge on any atom is 0.0148 e. The third kappa shape index (κ3) is 3.73. The lowest BCUT2D eigenvalue weighted by atomic mass is 10.1. The maximum absolute atomic E-state index is 4.32. The predicted octanol–water partition coefficient (Wildman–Crippen LogP) is 1.14. The fraction of sp³-hybridized carbons (Fsp3) is 1.00. The van der Waals surface area contributed by atoms with Crippen LogP contribution in [0, 0.1) is 0 Å². The molecule has 1 rings (SSSR count). The second-order valence-corrected chi connectivity index (χ2v) is 3.25. The van der Waals surface area contributed by atoms with Gasteiger partial charge in [0.05, 0.1) is 0 Å². The molecule has 0 aromatic heterocycles. The van der Waals surface area contributed by atoms with E-state index in [2.05, 4.69) is 17.6 Å². The highest BCUT2D eigenvalue weighted by Crippen LogP contribution is 2.02. The Balaban J connectivity index is 1.96. The highest BCUT2D eigenvalue weighted by atomic mass is 15.0. The maximum atomic E-state index is 4.32. The van der Waals surface area contributed by atoms with Crippen molar-refractivity contribution in [3.05, 3.63) is 0 Å². The Bertz CT molecular complexity index is 87.6. The molecular formula is C9H19N2. The molecule has 0 unspecified atom stereocenters. The highest BCUT2D eigenvalue weighted by molar-refractivity contribution is 4.73. The second-order valence-electron chi connectivity index (χ2n) is 3.25. The Hall–Kier alpha value is -0.0800. The number of rotatable bonds is 4. The van der Waals surface area contributed by atoms with Crippen molar-refractivity contribution >= 4 is 0 Å². The smallest absolute Gasteiger partial charge is 0.0148 e. The van der Waals surface area contributed by atoms with Gasteiger partial charge in [0.15, 0.2) is 0 Å². The van der Waals surface area contributed by atoms with E-state index >= 15 is 0 Å². The van der Waals surface area contributed by atoms with E-state index in [4.69, 9.17) is 0 Å². The van der Waals surface area contributed by atoms with Crippen LogP contribution in [0.25, 0.3) is 0 Å². The Morgan fingerprint density at radius 1 is 1.36 bits per heavy atom. The number of nitrogens with one attached hydrogen (secondary N) is 1. The summed E-state index contributed by atoms with van der Waals surface area (Å²) in [6.45, 7) is 5.58. The van der Waals surface area contributed by atoms with E-state index in [-0.39, 0.29) is 0 Å². The molecule has 0 bridgehead atoms. The van der Waals surface area contributed by atoms with Gasteiger partial charge in [-0.05, 0) is 25.8 Å². The molecule has 2 heteroatoms. The average molecular weight is 155 g/mol. The van der Waals surface area contributed by atoms with Crippen molar-refractivity contribution in [2.75, 3.05) is 19.6 Å². The molecule has 1 radical (unpaired) electrons. The van der Waals surface area contributed by atoms with Crippen molar-refractivity contribution in [3.8, 4) is 0 Å². The van der Waals surface area contributed by atoms with Gasteiger partial charge in [0.1, 0.15) is 0 Å². The van der Waals surface area contributed by atoms with Crippen molar-refractivity contribution in [2.45, 2.75) is 38.6 Å². The summed E-state index contributed by atoms with van der Waals surface area (Å²) in [7, 11) is 0. The van der Waals surface area contributed by atoms with Crippen LogP contribution in [-0.4, -0.2) is 25.7 Å². The van der Waals surface area contributed by atoms with Crippen LogP contribution >= 0.6 is 0 Å². The molecule has 1 fully saturated rings. The summed E-state index contributed by atoms with van der Waals surface area (Å²) >= 11 is 0. The van der Waals surface area contributed by atoms with E-state index in [0.717, 1.165) is 19.1 Å². The van der Waals surface area contributed by atoms with Gasteiger partial charge in [0, 0.05) is 19.1 Å². The molecule has 1 aliphatic heterocycles. The monoisotopic (exact) mass is 155 g/mol. The molecule has 0 atom stereocenters. The van der Waals surface area contributed by atoms with Crippen molar-refractivity contribution < 1.29 is 0 Å². The average Bonchev–Trinajstić information content (AvgIpc) is 2.07. The molecule has 0 aromatic rings. The summed E-state index contributed by atoms with van der Waals surface area (Å²) in [6.07, 6.45) is 5.12. The summed E-state index contributed by atoms with van der Waals surface area (Å²) < 4.78 is 0. The SMILES string of the molecule is CCCCNC1CC[N]CC1. The Kier molecular flexibility index (Phi) is 4.55. The molecule has 65 valence electrons. The van der Waals surface area contributed by atoms with Gasteiger partial charge in [0.25, 0.3) is 0 Å². The fourth-order valence-electron chi connectivity index (χ4n) is 1.44. The topological polar surface area (TPSA) is 26.1 Å². The van der Waals surface area contributed by atoms with Gasteiger partial charge in [-0.2, -0.15) is 0 Å². The van der Waals surface area contributed by atoms with Crippen molar-refractivity contribution in [2.24, 2.45) is 0 Å². The van der Waals surface area contributed by atoms with Crippen molar-refractivity contribution in [3.63, 3.8) is 0 Å². The van der Waals surface area contributed by atoms with Crippen LogP contribution in [0.4, 0.5) is 0 Å². The molecule has 0 aromatic carbocycles. The Morgan fingerprint density at radius 2 is 2.09 bits per heavy atom. The van der Waals surface area contributed by atoms with Crippen LogP contribution in [0.15, 0.2) is 0 Å². The number of nitrogens with zero attached hydrogens (tertiary/aromatic N) is 1. The zero-order chi connectivity index (χ0) is 7.94. The minimum atomic E-state index is 0.763. The Labute approximate surface area is 69.8 Å². The molecule has 11 heavy (non-hydrogen) atoms. The highest BCUT2D eigenvalue weighted by Gasteiger charge is 2.11. The summed E-state index contributed by atoms with van der Waals surface area (Å²) in [6, 6.07) is 0.763. The predicted molar refractivity (Wildman–Crippen MR) is 47.8 cm³/mol. The van der Waals surface area contributed by atoms with Crippen molar-refractivity contribution in [1.29, 1.82) is 0 Å². The van der Waals surface area contributed by atoms with E-state index in [1.54, 1.807) is 0 Å². The van der Waals surface area contributed by atoms with Gasteiger partial charge in [0.2, 0.25) is 0 Å². The fourth-order valence-corrected chi connectivity index (χ4v) is 1.44. The van der Waals surface area contributed by atoms with Gasteiger partial charge in [-0.3, -0.25) is 0 Å². The molecule has 0 saturated carbocycles. The number of piperidine rings is 1. The molecule has 0 amide bonds. The van der Waals surface area contributed by atoms with Gasteiger partial charge in [-0.15, -0.1) is 0 Å². The van der Waals surface area contributed by atoms with E-state index in [1.165, 1.54) is 32.2 Å². The van der Waals surface area contributed by atoms with Crippen LogP contribution < -0.4 is 10.6 Å². The second kappa shape index (κ2) is 5.56. The largest absolute Gasteiger partial charge is 0.314 e. The lowest BCUT2D eigenvalue weighted by Crippen LogP contribution is -2.37. The third-order valence-corrected chi connectivity index (χ3v) is 2.23. The number of unbranched alkanes of at least 4 members (excludes halogenated alkanes) is 1. The molecule has 0 aliphatic carbocycles. The Morgan fingerprint density at radius 3 is 2.73 bits per heavy atom. The standard InChI is InChI=1S/C9H19N2/c1-2-3-6-11-9-4-7-10-8-5-9/h9,11H,2-8H2,1H3. The molecule has 1 saturated heterocycles. The summed E-state index contributed by atoms with van der Waals surface area (Å²) in [5.41, 5.74) is 0. The summed E-state index contributed by atoms with van der Waals surface area (Å²) in [4.78, 5) is 0. The van der Waals surface area contributed by atoms with E-state index in [0.29, 0.717) is 0 Å². The van der Waals surface area contributed by atoms with E-state index < -0.39 is 0 Å². The lowest BCUT2D eigenvalue weighted by molar-refractivity contribution is 0.381. The van der Waals surface area contributed by atoms with E-state index in [1.807, 2.05) is 0 Å². The first-order valence-electron chi connectivity index (χ1n) is 4.80. The number of hydrogen-bond acceptors (Lipinski definition) is 1. The molecule has 2 nitrogen and oxygen atoms in total. The summed E-state index contributed by atoms with van der Waals surface area (Å²) in [5.74, 6) is 0. The van der Waals surface area contributed by atoms with Crippen LogP contribution in [0.5, 0.6) is 0 Å². The van der Waals surface area contributed by atoms with Gasteiger partial charge < -0.3 is 5.32 Å². The third-order valence-electron chi connectivity index (χ3n) is 2.23. The van der Waals surface area contributed by atoms with Crippen LogP contribution in [0.3, 0.4) is 0 Å². The molecular weight excluding hydrogens is 136 g/mol. The lowest BCUT2D eigenvalue weighted by Gasteiger charge is -2.22. The molecule has 0 spiro atoms. The first-order chi connectivity index (χ1) is 5.43. The molecule has 1 heterocycles. The molecule has 1 N–H and O–H groups in total. The van der Waals surface area contributed by atoms with Gasteiger partial charge >= 0.3 is 0 Å². The minimum absolute atomic E-state index is 0.763. The van der Waals surface area contributed by atoms with E-state index in [9.17, 15) is 0 Å². The van der Waals surface area contributed by atoms with Gasteiger partial charge in [-0.1, -0.05) is 13.3 Å². The van der Waals surface area contributed by atoms with Crippen LogP contribution in [0.1, 0.15) is 32.6 Å². The van der Waals surface area contributed by atoms with Crippen LogP contribution in [-0.2, 0) is 0 Å². The normalized spacial score (nSPS) is 20.5. The quantitative estimate of drug-likeness (QED) is 0.605. The van der Waals surface area contributed by atoms with Crippen LogP contribution in [0.2, 0.25) is 0 Å². The summed E-state index contributed by atoms with van der Waals surface area (Å²) in [5, 5.41) is 7.88. The molecule has 1 aliphatic rings.